The molecule has 0 atom stereocenters. The molecule has 0 aliphatic carbocycles. The molecule has 11 heavy (non-hydrogen) atoms. The number of aromatic nitrogens is 2. The lowest BCUT2D eigenvalue weighted by atomic mass is 10.3. The van der Waals surface area contributed by atoms with E-state index >= 15 is 0 Å². The molecule has 4 heteroatoms. The maximum atomic E-state index is 4.93. The van der Waals surface area contributed by atoms with E-state index in [1.807, 2.05) is 6.08 Å². The van der Waals surface area contributed by atoms with E-state index < -0.39 is 0 Å². The van der Waals surface area contributed by atoms with Gasteiger partial charge in [-0.3, -0.25) is 0 Å². The number of oxime groups is 1. The van der Waals surface area contributed by atoms with Gasteiger partial charge < -0.3 is 4.84 Å². The minimum atomic E-state index is 0.581. The smallest absolute Gasteiger partial charge is 0.201 e. The summed E-state index contributed by atoms with van der Waals surface area (Å²) in [6.07, 6.45) is 8.18. The van der Waals surface area contributed by atoms with Crippen LogP contribution in [0.5, 0.6) is 5.75 Å². The Bertz CT molecular complexity index is 319. The van der Waals surface area contributed by atoms with Gasteiger partial charge in [0.25, 0.3) is 0 Å². The maximum Gasteiger partial charge on any atom is 0.201 e. The van der Waals surface area contributed by atoms with Gasteiger partial charge in [0.2, 0.25) is 5.75 Å². The van der Waals surface area contributed by atoms with Gasteiger partial charge in [-0.2, -0.15) is 0 Å². The van der Waals surface area contributed by atoms with Crippen LogP contribution in [0, 0.1) is 0 Å². The lowest BCUT2D eigenvalue weighted by Gasteiger charge is -1.97. The number of nitrogens with zero attached hydrogens (tertiary/aromatic N) is 3. The second kappa shape index (κ2) is 2.49. The predicted octanol–water partition coefficient (Wildman–Crippen LogP) is 0.868. The summed E-state index contributed by atoms with van der Waals surface area (Å²) in [5, 5.41) is 3.62. The molecule has 0 fully saturated rings. The Morgan fingerprint density at radius 3 is 3.36 bits per heavy atom. The molecule has 1 aliphatic heterocycles. The number of hydrogen-bond acceptors (Lipinski definition) is 4. The van der Waals surface area contributed by atoms with Gasteiger partial charge in [0.05, 0.1) is 12.4 Å². The summed E-state index contributed by atoms with van der Waals surface area (Å²) in [7, 11) is 0. The molecule has 4 nitrogen and oxygen atoms in total. The second-order valence-corrected chi connectivity index (χ2v) is 1.98. The Morgan fingerprint density at radius 2 is 2.36 bits per heavy atom. The molecule has 0 saturated heterocycles. The molecule has 1 aromatic heterocycles. The molecule has 0 N–H and O–H groups in total. The highest BCUT2D eigenvalue weighted by molar-refractivity contribution is 5.79. The van der Waals surface area contributed by atoms with Crippen molar-refractivity contribution in [2.75, 3.05) is 0 Å². The van der Waals surface area contributed by atoms with Crippen LogP contribution < -0.4 is 4.84 Å². The summed E-state index contributed by atoms with van der Waals surface area (Å²) in [5.41, 5.74) is 0.748. The molecule has 54 valence electrons. The molecule has 0 spiro atoms. The fourth-order valence-corrected chi connectivity index (χ4v) is 0.778. The Labute approximate surface area is 63.2 Å². The molecule has 0 radical (unpaired) electrons. The van der Waals surface area contributed by atoms with Gasteiger partial charge in [-0.05, 0) is 12.2 Å². The maximum absolute atomic E-state index is 4.93. The van der Waals surface area contributed by atoms with E-state index in [1.54, 1.807) is 18.5 Å². The first-order valence-electron chi connectivity index (χ1n) is 3.14. The molecule has 1 aromatic rings. The van der Waals surface area contributed by atoms with Crippen molar-refractivity contribution in [2.45, 2.75) is 0 Å². The minimum absolute atomic E-state index is 0.581. The van der Waals surface area contributed by atoms with Crippen LogP contribution >= 0.6 is 0 Å². The Balaban J connectivity index is 2.52. The number of rotatable bonds is 0. The molecular formula is C7H5N3O. The van der Waals surface area contributed by atoms with Gasteiger partial charge in [-0.15, -0.1) is 0 Å². The average Bonchev–Trinajstić information content (AvgIpc) is 2.28. The molecule has 0 unspecified atom stereocenters. The fourth-order valence-electron chi connectivity index (χ4n) is 0.778. The zero-order valence-electron chi connectivity index (χ0n) is 5.64. The topological polar surface area (TPSA) is 47.4 Å². The fraction of sp³-hybridized carbons (Fsp3) is 0. The summed E-state index contributed by atoms with van der Waals surface area (Å²) >= 11 is 0. The predicted molar refractivity (Wildman–Crippen MR) is 40.2 cm³/mol. The molecule has 0 saturated carbocycles. The van der Waals surface area contributed by atoms with Crippen LogP contribution in [-0.4, -0.2) is 16.2 Å². The number of allylic oxidation sites excluding steroid dienone is 1. The number of hydrogen-bond donors (Lipinski definition) is 0. The first kappa shape index (κ1) is 6.03. The Morgan fingerprint density at radius 1 is 1.36 bits per heavy atom. The van der Waals surface area contributed by atoms with Crippen LogP contribution in [0.15, 0.2) is 23.8 Å². The molecule has 0 bridgehead atoms. The third-order valence-electron chi connectivity index (χ3n) is 1.26. The SMILES string of the molecule is C1=Cc2ncncc2ON=C1. The van der Waals surface area contributed by atoms with Crippen LogP contribution in [0.4, 0.5) is 0 Å². The molecule has 0 aromatic carbocycles. The molecule has 2 rings (SSSR count). The Kier molecular flexibility index (Phi) is 1.37. The van der Waals surface area contributed by atoms with Gasteiger partial charge in [0.15, 0.2) is 0 Å². The summed E-state index contributed by atoms with van der Waals surface area (Å²) in [6, 6.07) is 0. The largest absolute Gasteiger partial charge is 0.353 e. The second-order valence-electron chi connectivity index (χ2n) is 1.98. The van der Waals surface area contributed by atoms with E-state index in [1.165, 1.54) is 6.33 Å². The normalized spacial score (nSPS) is 13.5. The van der Waals surface area contributed by atoms with Crippen LogP contribution in [0.2, 0.25) is 0 Å². The third kappa shape index (κ3) is 1.10. The van der Waals surface area contributed by atoms with Crippen LogP contribution in [-0.2, 0) is 0 Å². The van der Waals surface area contributed by atoms with Crippen molar-refractivity contribution in [3.63, 3.8) is 0 Å². The van der Waals surface area contributed by atoms with Crippen LogP contribution in [0.25, 0.3) is 6.08 Å². The summed E-state index contributed by atoms with van der Waals surface area (Å²) < 4.78 is 0. The van der Waals surface area contributed by atoms with Crippen molar-refractivity contribution in [3.8, 4) is 5.75 Å². The third-order valence-corrected chi connectivity index (χ3v) is 1.26. The molecule has 1 aliphatic rings. The van der Waals surface area contributed by atoms with Crippen molar-refractivity contribution >= 4 is 12.3 Å². The lowest BCUT2D eigenvalue weighted by molar-refractivity contribution is 0.341. The van der Waals surface area contributed by atoms with Crippen molar-refractivity contribution in [3.05, 3.63) is 24.3 Å². The van der Waals surface area contributed by atoms with Gasteiger partial charge in [0.1, 0.15) is 12.0 Å². The summed E-state index contributed by atoms with van der Waals surface area (Å²) in [6.45, 7) is 0. The van der Waals surface area contributed by atoms with Gasteiger partial charge in [0, 0.05) is 0 Å². The summed E-state index contributed by atoms with van der Waals surface area (Å²) in [5.74, 6) is 0.581. The highest BCUT2D eigenvalue weighted by atomic mass is 16.6. The zero-order valence-corrected chi connectivity index (χ0v) is 5.64. The van der Waals surface area contributed by atoms with Crippen molar-refractivity contribution in [2.24, 2.45) is 5.16 Å². The van der Waals surface area contributed by atoms with E-state index in [0.717, 1.165) is 5.69 Å². The van der Waals surface area contributed by atoms with Crippen molar-refractivity contribution in [1.82, 2.24) is 9.97 Å². The standard InChI is InChI=1S/C7H5N3O/c1-2-6-7(11-10-3-1)4-8-5-9-6/h1-5H. The van der Waals surface area contributed by atoms with E-state index in [9.17, 15) is 0 Å². The molecular weight excluding hydrogens is 142 g/mol. The zero-order chi connectivity index (χ0) is 7.52. The Hall–Kier alpha value is -1.71. The van der Waals surface area contributed by atoms with E-state index in [4.69, 9.17) is 4.84 Å². The molecule has 2 heterocycles. The highest BCUT2D eigenvalue weighted by Gasteiger charge is 2.02. The first-order valence-corrected chi connectivity index (χ1v) is 3.14. The molecule has 0 amide bonds. The van der Waals surface area contributed by atoms with Crippen LogP contribution in [0.3, 0.4) is 0 Å². The van der Waals surface area contributed by atoms with E-state index in [0.29, 0.717) is 5.75 Å². The van der Waals surface area contributed by atoms with Crippen LogP contribution in [0.1, 0.15) is 5.69 Å². The minimum Gasteiger partial charge on any atom is -0.353 e. The van der Waals surface area contributed by atoms with E-state index in [-0.39, 0.29) is 0 Å². The first-order chi connectivity index (χ1) is 5.47. The highest BCUT2D eigenvalue weighted by Crippen LogP contribution is 2.16. The summed E-state index contributed by atoms with van der Waals surface area (Å²) in [4.78, 5) is 12.7. The quantitative estimate of drug-likeness (QED) is 0.547. The average molecular weight is 147 g/mol. The van der Waals surface area contributed by atoms with Gasteiger partial charge in [-0.1, -0.05) is 5.16 Å². The van der Waals surface area contributed by atoms with Crippen molar-refractivity contribution in [1.29, 1.82) is 0 Å². The lowest BCUT2D eigenvalue weighted by Crippen LogP contribution is -1.88. The number of fused-ring (bicyclic) bond motifs is 1. The van der Waals surface area contributed by atoms with E-state index in [2.05, 4.69) is 15.1 Å². The van der Waals surface area contributed by atoms with Crippen molar-refractivity contribution < 1.29 is 4.84 Å². The van der Waals surface area contributed by atoms with Gasteiger partial charge >= 0.3 is 0 Å². The monoisotopic (exact) mass is 147 g/mol. The van der Waals surface area contributed by atoms with Gasteiger partial charge in [-0.25, -0.2) is 9.97 Å².